The lowest BCUT2D eigenvalue weighted by Gasteiger charge is -2.16. The van der Waals surface area contributed by atoms with Crippen molar-refractivity contribution in [2.75, 3.05) is 26.3 Å². The summed E-state index contributed by atoms with van der Waals surface area (Å²) in [6.45, 7) is 1.07. The van der Waals surface area contributed by atoms with Crippen LogP contribution in [-0.2, 0) is 4.74 Å². The Morgan fingerprint density at radius 1 is 1.27 bits per heavy atom. The number of hydrogen-bond acceptors (Lipinski definition) is 5. The summed E-state index contributed by atoms with van der Waals surface area (Å²) in [6.07, 6.45) is 2.21. The van der Waals surface area contributed by atoms with E-state index in [4.69, 9.17) is 20.0 Å². The van der Waals surface area contributed by atoms with Crippen LogP contribution in [0, 0.1) is 22.7 Å². The number of rotatable bonds is 6. The maximum Gasteiger partial charge on any atom is 0.255 e. The normalized spacial score (nSPS) is 16.5. The molecular formula is C16H17N3O3. The van der Waals surface area contributed by atoms with Crippen LogP contribution in [0.3, 0.4) is 0 Å². The second-order valence-corrected chi connectivity index (χ2v) is 4.95. The molecule has 0 aliphatic carbocycles. The maximum absolute atomic E-state index is 12.2. The molecule has 0 radical (unpaired) electrons. The van der Waals surface area contributed by atoms with E-state index >= 15 is 0 Å². The molecule has 22 heavy (non-hydrogen) atoms. The van der Waals surface area contributed by atoms with Crippen LogP contribution in [-0.4, -0.2) is 43.2 Å². The number of benzene rings is 1. The summed E-state index contributed by atoms with van der Waals surface area (Å²) in [6, 6.07) is 10.4. The van der Waals surface area contributed by atoms with E-state index in [1.165, 1.54) is 4.90 Å². The third-order valence-electron chi connectivity index (χ3n) is 3.37. The Balaban J connectivity index is 1.93. The van der Waals surface area contributed by atoms with Crippen molar-refractivity contribution in [2.24, 2.45) is 0 Å². The minimum absolute atomic E-state index is 0.107. The van der Waals surface area contributed by atoms with E-state index in [1.807, 2.05) is 12.1 Å². The molecule has 6 heteroatoms. The fourth-order valence-corrected chi connectivity index (χ4v) is 2.21. The Kier molecular flexibility index (Phi) is 5.76. The highest BCUT2D eigenvalue weighted by Crippen LogP contribution is 2.17. The van der Waals surface area contributed by atoms with Crippen LogP contribution in [0.5, 0.6) is 5.75 Å². The van der Waals surface area contributed by atoms with Crippen molar-refractivity contribution in [3.05, 3.63) is 29.8 Å². The van der Waals surface area contributed by atoms with E-state index in [0.29, 0.717) is 17.9 Å². The predicted octanol–water partition coefficient (Wildman–Crippen LogP) is 1.73. The van der Waals surface area contributed by atoms with Crippen LogP contribution >= 0.6 is 0 Å². The first-order valence-electron chi connectivity index (χ1n) is 7.12. The van der Waals surface area contributed by atoms with E-state index < -0.39 is 0 Å². The molecule has 1 fully saturated rings. The molecule has 1 aromatic carbocycles. The van der Waals surface area contributed by atoms with E-state index in [9.17, 15) is 4.79 Å². The molecule has 1 unspecified atom stereocenters. The molecule has 6 nitrogen and oxygen atoms in total. The molecule has 0 bridgehead atoms. The Bertz CT molecular complexity index is 564. The fourth-order valence-electron chi connectivity index (χ4n) is 2.21. The van der Waals surface area contributed by atoms with Crippen molar-refractivity contribution in [3.63, 3.8) is 0 Å². The molecule has 1 atom stereocenters. The van der Waals surface area contributed by atoms with Crippen LogP contribution in [0.15, 0.2) is 24.3 Å². The fraction of sp³-hybridized carbons (Fsp3) is 0.438. The van der Waals surface area contributed by atoms with E-state index in [1.54, 1.807) is 24.3 Å². The van der Waals surface area contributed by atoms with Gasteiger partial charge >= 0.3 is 0 Å². The molecule has 0 N–H and O–H groups in total. The van der Waals surface area contributed by atoms with Crippen molar-refractivity contribution >= 4 is 5.91 Å². The lowest BCUT2D eigenvalue weighted by atomic mass is 10.2. The summed E-state index contributed by atoms with van der Waals surface area (Å²) >= 11 is 0. The molecule has 1 amide bonds. The summed E-state index contributed by atoms with van der Waals surface area (Å²) in [4.78, 5) is 13.4. The molecule has 1 aromatic rings. The van der Waals surface area contributed by atoms with Gasteiger partial charge < -0.3 is 14.4 Å². The molecule has 1 aliphatic rings. The summed E-state index contributed by atoms with van der Waals surface area (Å²) < 4.78 is 11.1. The van der Waals surface area contributed by atoms with Gasteiger partial charge in [-0.1, -0.05) is 0 Å². The summed E-state index contributed by atoms with van der Waals surface area (Å²) in [7, 11) is 0. The van der Waals surface area contributed by atoms with Gasteiger partial charge in [-0.15, -0.1) is 0 Å². The molecule has 1 heterocycles. The number of ether oxygens (including phenoxy) is 2. The third kappa shape index (κ3) is 4.21. The van der Waals surface area contributed by atoms with Gasteiger partial charge in [-0.2, -0.15) is 10.5 Å². The highest BCUT2D eigenvalue weighted by molar-refractivity contribution is 5.94. The highest BCUT2D eigenvalue weighted by Gasteiger charge is 2.17. The minimum Gasteiger partial charge on any atom is -0.491 e. The lowest BCUT2D eigenvalue weighted by molar-refractivity contribution is 0.0679. The van der Waals surface area contributed by atoms with Crippen molar-refractivity contribution in [1.82, 2.24) is 4.90 Å². The zero-order valence-electron chi connectivity index (χ0n) is 12.2. The van der Waals surface area contributed by atoms with Gasteiger partial charge in [0.15, 0.2) is 0 Å². The minimum atomic E-state index is -0.339. The summed E-state index contributed by atoms with van der Waals surface area (Å²) in [5.41, 5.74) is 0.426. The second kappa shape index (κ2) is 8.02. The van der Waals surface area contributed by atoms with Crippen molar-refractivity contribution in [2.45, 2.75) is 18.9 Å². The number of carbonyl (C=O) groups excluding carboxylic acids is 1. The molecule has 114 valence electrons. The first kappa shape index (κ1) is 15.8. The summed E-state index contributed by atoms with van der Waals surface area (Å²) in [5, 5.41) is 17.4. The molecule has 0 spiro atoms. The largest absolute Gasteiger partial charge is 0.491 e. The molecule has 1 aliphatic heterocycles. The van der Waals surface area contributed by atoms with Gasteiger partial charge in [0.1, 0.15) is 25.4 Å². The number of nitrogens with zero attached hydrogens (tertiary/aromatic N) is 3. The number of amides is 1. The summed E-state index contributed by atoms with van der Waals surface area (Å²) in [5.74, 6) is 0.327. The topological polar surface area (TPSA) is 86.4 Å². The van der Waals surface area contributed by atoms with Crippen LogP contribution in [0.2, 0.25) is 0 Å². The van der Waals surface area contributed by atoms with E-state index in [0.717, 1.165) is 19.4 Å². The van der Waals surface area contributed by atoms with Gasteiger partial charge in [-0.3, -0.25) is 4.79 Å². The first-order valence-corrected chi connectivity index (χ1v) is 7.12. The number of hydrogen-bond donors (Lipinski definition) is 0. The van der Waals surface area contributed by atoms with Crippen LogP contribution in [0.25, 0.3) is 0 Å². The Hall–Kier alpha value is -2.57. The molecule has 1 saturated heterocycles. The molecule has 0 aromatic heterocycles. The van der Waals surface area contributed by atoms with Gasteiger partial charge in [0.05, 0.1) is 18.2 Å². The van der Waals surface area contributed by atoms with Crippen molar-refractivity contribution < 1.29 is 14.3 Å². The third-order valence-corrected chi connectivity index (χ3v) is 3.37. The standard InChI is InChI=1S/C16H17N3O3/c17-7-9-19(10-8-18)16(20)13-3-5-14(6-4-13)22-12-15-2-1-11-21-15/h3-6,15H,1-2,9-12H2. The zero-order chi connectivity index (χ0) is 15.8. The quantitative estimate of drug-likeness (QED) is 0.747. The van der Waals surface area contributed by atoms with Gasteiger partial charge in [-0.05, 0) is 37.1 Å². The second-order valence-electron chi connectivity index (χ2n) is 4.95. The van der Waals surface area contributed by atoms with Crippen LogP contribution in [0.1, 0.15) is 23.2 Å². The lowest BCUT2D eigenvalue weighted by Crippen LogP contribution is -2.31. The number of nitriles is 2. The van der Waals surface area contributed by atoms with Crippen LogP contribution in [0.4, 0.5) is 0 Å². The SMILES string of the molecule is N#CCN(CC#N)C(=O)c1ccc(OCC2CCCO2)cc1. The smallest absolute Gasteiger partial charge is 0.255 e. The highest BCUT2D eigenvalue weighted by atomic mass is 16.5. The van der Waals surface area contributed by atoms with Gasteiger partial charge in [0.25, 0.3) is 5.91 Å². The number of carbonyl (C=O) groups is 1. The Morgan fingerprint density at radius 3 is 2.50 bits per heavy atom. The van der Waals surface area contributed by atoms with Crippen LogP contribution < -0.4 is 4.74 Å². The van der Waals surface area contributed by atoms with Gasteiger partial charge in [-0.25, -0.2) is 0 Å². The van der Waals surface area contributed by atoms with Crippen molar-refractivity contribution in [3.8, 4) is 17.9 Å². The van der Waals surface area contributed by atoms with E-state index in [2.05, 4.69) is 0 Å². The maximum atomic E-state index is 12.2. The molecule has 2 rings (SSSR count). The zero-order valence-corrected chi connectivity index (χ0v) is 12.2. The monoisotopic (exact) mass is 299 g/mol. The van der Waals surface area contributed by atoms with Gasteiger partial charge in [0.2, 0.25) is 0 Å². The van der Waals surface area contributed by atoms with Crippen molar-refractivity contribution in [1.29, 1.82) is 10.5 Å². The average Bonchev–Trinajstić information content (AvgIpc) is 3.06. The molecule has 0 saturated carbocycles. The van der Waals surface area contributed by atoms with Gasteiger partial charge in [0, 0.05) is 12.2 Å². The Morgan fingerprint density at radius 2 is 1.95 bits per heavy atom. The molecular weight excluding hydrogens is 282 g/mol. The average molecular weight is 299 g/mol. The van der Waals surface area contributed by atoms with E-state index in [-0.39, 0.29) is 25.1 Å². The predicted molar refractivity (Wildman–Crippen MR) is 78.0 cm³/mol. The first-order chi connectivity index (χ1) is 10.7. The Labute approximate surface area is 129 Å².